The normalized spacial score (nSPS) is 20.7. The van der Waals surface area contributed by atoms with Crippen LogP contribution < -0.4 is 15.5 Å². The molecular formula is C16H21N5O2S. The SMILES string of the molecule is CNc1cc(N2CCCC(O)(CNC(=O)c3ccsc3)C2)ncn1. The Morgan fingerprint density at radius 3 is 3.12 bits per heavy atom. The standard InChI is InChI=1S/C16H21N5O2S/c1-17-13-7-14(20-11-19-13)21-5-2-4-16(23,10-21)9-18-15(22)12-3-6-24-8-12/h3,6-8,11,23H,2,4-5,9-10H2,1H3,(H,18,22)(H,17,19,20). The number of β-amino-alcohol motifs (C(OH)–C–C–N with tert-alkyl or cyclic N) is 1. The van der Waals surface area contributed by atoms with Crippen molar-refractivity contribution < 1.29 is 9.90 Å². The lowest BCUT2D eigenvalue weighted by Crippen LogP contribution is -2.54. The second kappa shape index (κ2) is 7.14. The predicted molar refractivity (Wildman–Crippen MR) is 94.6 cm³/mol. The van der Waals surface area contributed by atoms with Gasteiger partial charge in [0.25, 0.3) is 5.91 Å². The molecule has 3 N–H and O–H groups in total. The van der Waals surface area contributed by atoms with Crippen molar-refractivity contribution in [1.82, 2.24) is 15.3 Å². The van der Waals surface area contributed by atoms with Crippen molar-refractivity contribution in [2.24, 2.45) is 0 Å². The number of anilines is 2. The van der Waals surface area contributed by atoms with Crippen molar-refractivity contribution in [1.29, 1.82) is 0 Å². The summed E-state index contributed by atoms with van der Waals surface area (Å²) >= 11 is 1.48. The smallest absolute Gasteiger partial charge is 0.252 e. The van der Waals surface area contributed by atoms with Crippen LogP contribution in [0.3, 0.4) is 0 Å². The van der Waals surface area contributed by atoms with Crippen molar-refractivity contribution >= 4 is 28.9 Å². The first-order valence-corrected chi connectivity index (χ1v) is 8.81. The Morgan fingerprint density at radius 1 is 1.50 bits per heavy atom. The molecule has 0 aliphatic carbocycles. The van der Waals surface area contributed by atoms with Gasteiger partial charge in [-0.3, -0.25) is 4.79 Å². The minimum Gasteiger partial charge on any atom is -0.386 e. The van der Waals surface area contributed by atoms with Crippen LogP contribution >= 0.6 is 11.3 Å². The second-order valence-corrected chi connectivity index (χ2v) is 6.74. The predicted octanol–water partition coefficient (Wildman–Crippen LogP) is 1.34. The van der Waals surface area contributed by atoms with Gasteiger partial charge in [0.1, 0.15) is 18.0 Å². The molecule has 1 aliphatic rings. The van der Waals surface area contributed by atoms with Crippen LogP contribution in [0.15, 0.2) is 29.2 Å². The largest absolute Gasteiger partial charge is 0.386 e. The summed E-state index contributed by atoms with van der Waals surface area (Å²) in [5.74, 6) is 1.36. The Bertz CT molecular complexity index is 694. The van der Waals surface area contributed by atoms with Gasteiger partial charge in [0.2, 0.25) is 0 Å². The van der Waals surface area contributed by atoms with Gasteiger partial charge in [-0.05, 0) is 24.3 Å². The van der Waals surface area contributed by atoms with E-state index in [2.05, 4.69) is 20.6 Å². The Labute approximate surface area is 144 Å². The quantitative estimate of drug-likeness (QED) is 0.756. The average Bonchev–Trinajstić information content (AvgIpc) is 3.14. The molecule has 128 valence electrons. The average molecular weight is 347 g/mol. The number of hydrogen-bond acceptors (Lipinski definition) is 7. The molecule has 8 heteroatoms. The van der Waals surface area contributed by atoms with Gasteiger partial charge in [-0.25, -0.2) is 9.97 Å². The highest BCUT2D eigenvalue weighted by Gasteiger charge is 2.34. The zero-order chi connectivity index (χ0) is 17.0. The monoisotopic (exact) mass is 347 g/mol. The van der Waals surface area contributed by atoms with E-state index in [-0.39, 0.29) is 12.5 Å². The topological polar surface area (TPSA) is 90.4 Å². The molecular weight excluding hydrogens is 326 g/mol. The molecule has 1 unspecified atom stereocenters. The fraction of sp³-hybridized carbons (Fsp3) is 0.438. The molecule has 1 saturated heterocycles. The number of carbonyl (C=O) groups is 1. The van der Waals surface area contributed by atoms with Crippen LogP contribution in [0.1, 0.15) is 23.2 Å². The van der Waals surface area contributed by atoms with Crippen LogP contribution in [0.25, 0.3) is 0 Å². The summed E-state index contributed by atoms with van der Waals surface area (Å²) in [6, 6.07) is 3.63. The molecule has 2 aromatic heterocycles. The molecule has 0 bridgehead atoms. The van der Waals surface area contributed by atoms with Gasteiger partial charge < -0.3 is 20.6 Å². The van der Waals surface area contributed by atoms with E-state index in [1.807, 2.05) is 16.3 Å². The number of piperidine rings is 1. The summed E-state index contributed by atoms with van der Waals surface area (Å²) in [5, 5.41) is 20.3. The number of nitrogens with zero attached hydrogens (tertiary/aromatic N) is 3. The summed E-state index contributed by atoms with van der Waals surface area (Å²) in [7, 11) is 1.80. The fourth-order valence-corrected chi connectivity index (χ4v) is 3.49. The van der Waals surface area contributed by atoms with E-state index in [0.717, 1.165) is 24.6 Å². The highest BCUT2D eigenvalue weighted by Crippen LogP contribution is 2.25. The molecule has 3 heterocycles. The lowest BCUT2D eigenvalue weighted by atomic mass is 9.92. The third kappa shape index (κ3) is 3.82. The molecule has 3 rings (SSSR count). The van der Waals surface area contributed by atoms with Gasteiger partial charge in [-0.1, -0.05) is 0 Å². The molecule has 2 aromatic rings. The number of aromatic nitrogens is 2. The van der Waals surface area contributed by atoms with Crippen molar-refractivity contribution in [3.05, 3.63) is 34.8 Å². The maximum Gasteiger partial charge on any atom is 0.252 e. The molecule has 0 saturated carbocycles. The maximum absolute atomic E-state index is 12.1. The summed E-state index contributed by atoms with van der Waals surface area (Å²) in [5.41, 5.74) is -0.333. The molecule has 1 fully saturated rings. The highest BCUT2D eigenvalue weighted by molar-refractivity contribution is 7.08. The van der Waals surface area contributed by atoms with Crippen LogP contribution in [0.5, 0.6) is 0 Å². The van der Waals surface area contributed by atoms with Gasteiger partial charge in [0.15, 0.2) is 0 Å². The molecule has 1 atom stereocenters. The van der Waals surface area contributed by atoms with Gasteiger partial charge >= 0.3 is 0 Å². The van der Waals surface area contributed by atoms with Gasteiger partial charge in [-0.2, -0.15) is 11.3 Å². The summed E-state index contributed by atoms with van der Waals surface area (Å²) in [6.07, 6.45) is 2.99. The molecule has 1 amide bonds. The van der Waals surface area contributed by atoms with Crippen LogP contribution in [-0.4, -0.2) is 53.3 Å². The minimum atomic E-state index is -0.964. The lowest BCUT2D eigenvalue weighted by Gasteiger charge is -2.39. The first-order chi connectivity index (χ1) is 11.6. The van der Waals surface area contributed by atoms with E-state index in [0.29, 0.717) is 18.5 Å². The number of carbonyl (C=O) groups excluding carboxylic acids is 1. The Hall–Kier alpha value is -2.19. The maximum atomic E-state index is 12.1. The molecule has 0 aromatic carbocycles. The van der Waals surface area contributed by atoms with Gasteiger partial charge in [-0.15, -0.1) is 0 Å². The van der Waals surface area contributed by atoms with E-state index < -0.39 is 5.60 Å². The van der Waals surface area contributed by atoms with Crippen LogP contribution in [-0.2, 0) is 0 Å². The van der Waals surface area contributed by atoms with Gasteiger partial charge in [0, 0.05) is 43.7 Å². The number of aliphatic hydroxyl groups is 1. The zero-order valence-corrected chi connectivity index (χ0v) is 14.3. The number of hydrogen-bond donors (Lipinski definition) is 3. The Morgan fingerprint density at radius 2 is 2.38 bits per heavy atom. The Kier molecular flexibility index (Phi) is 4.96. The van der Waals surface area contributed by atoms with Crippen LogP contribution in [0.2, 0.25) is 0 Å². The van der Waals surface area contributed by atoms with E-state index in [9.17, 15) is 9.90 Å². The van der Waals surface area contributed by atoms with E-state index >= 15 is 0 Å². The third-order valence-corrected chi connectivity index (χ3v) is 4.83. The third-order valence-electron chi connectivity index (χ3n) is 4.15. The summed E-state index contributed by atoms with van der Waals surface area (Å²) in [6.45, 7) is 1.47. The molecule has 0 spiro atoms. The zero-order valence-electron chi connectivity index (χ0n) is 13.5. The molecule has 0 radical (unpaired) electrons. The second-order valence-electron chi connectivity index (χ2n) is 5.96. The highest BCUT2D eigenvalue weighted by atomic mass is 32.1. The van der Waals surface area contributed by atoms with Crippen LogP contribution in [0.4, 0.5) is 11.6 Å². The molecule has 7 nitrogen and oxygen atoms in total. The number of nitrogens with one attached hydrogen (secondary N) is 2. The first-order valence-electron chi connectivity index (χ1n) is 7.87. The molecule has 24 heavy (non-hydrogen) atoms. The lowest BCUT2D eigenvalue weighted by molar-refractivity contribution is 0.0254. The molecule has 1 aliphatic heterocycles. The minimum absolute atomic E-state index is 0.152. The van der Waals surface area contributed by atoms with E-state index in [1.165, 1.54) is 17.7 Å². The van der Waals surface area contributed by atoms with Crippen LogP contribution in [0, 0.1) is 0 Å². The van der Waals surface area contributed by atoms with Crippen molar-refractivity contribution in [3.63, 3.8) is 0 Å². The number of amides is 1. The Balaban J connectivity index is 1.64. The summed E-state index contributed by atoms with van der Waals surface area (Å²) in [4.78, 5) is 22.5. The number of rotatable bonds is 5. The fourth-order valence-electron chi connectivity index (χ4n) is 2.85. The summed E-state index contributed by atoms with van der Waals surface area (Å²) < 4.78 is 0. The number of thiophene rings is 1. The van der Waals surface area contributed by atoms with E-state index in [1.54, 1.807) is 18.5 Å². The van der Waals surface area contributed by atoms with Crippen molar-refractivity contribution in [2.45, 2.75) is 18.4 Å². The van der Waals surface area contributed by atoms with Crippen molar-refractivity contribution in [3.8, 4) is 0 Å². The van der Waals surface area contributed by atoms with Gasteiger partial charge in [0.05, 0.1) is 5.60 Å². The van der Waals surface area contributed by atoms with Crippen molar-refractivity contribution in [2.75, 3.05) is 36.9 Å². The first kappa shape index (κ1) is 16.7. The van der Waals surface area contributed by atoms with E-state index in [4.69, 9.17) is 0 Å².